The van der Waals surface area contributed by atoms with Crippen LogP contribution in [0.5, 0.6) is 5.88 Å². The molecule has 1 aromatic rings. The number of hydrogen-bond acceptors (Lipinski definition) is 3. The molecular formula is C8H12F2N2OSn. The molecule has 0 aliphatic carbocycles. The van der Waals surface area contributed by atoms with E-state index in [1.807, 2.05) is 0 Å². The number of nitrogens with zero attached hydrogens (tertiary/aromatic N) is 2. The van der Waals surface area contributed by atoms with Gasteiger partial charge < -0.3 is 0 Å². The quantitative estimate of drug-likeness (QED) is 0.796. The fourth-order valence-electron chi connectivity index (χ4n) is 0.856. The molecule has 0 fully saturated rings. The van der Waals surface area contributed by atoms with Crippen LogP contribution in [0.2, 0.25) is 14.8 Å². The zero-order valence-electron chi connectivity index (χ0n) is 8.29. The molecule has 6 heteroatoms. The number of aromatic nitrogens is 2. The molecule has 0 N–H and O–H groups in total. The van der Waals surface area contributed by atoms with Gasteiger partial charge in [-0.2, -0.15) is 0 Å². The Kier molecular flexibility index (Phi) is 3.63. The van der Waals surface area contributed by atoms with Crippen molar-refractivity contribution in [2.45, 2.75) is 21.4 Å². The Balaban J connectivity index is 2.79. The molecule has 0 saturated heterocycles. The minimum atomic E-state index is -2.84. The first-order valence-corrected chi connectivity index (χ1v) is 14.2. The van der Waals surface area contributed by atoms with Gasteiger partial charge in [-0.05, 0) is 0 Å². The molecule has 1 heterocycles. The molecule has 1 rings (SSSR count). The molecule has 3 nitrogen and oxygen atoms in total. The minimum absolute atomic E-state index is 0.126. The second-order valence-corrected chi connectivity index (χ2v) is 18.2. The van der Waals surface area contributed by atoms with Gasteiger partial charge in [-0.15, -0.1) is 0 Å². The Labute approximate surface area is 85.4 Å². The second kappa shape index (κ2) is 4.37. The van der Waals surface area contributed by atoms with Gasteiger partial charge >= 0.3 is 85.3 Å². The van der Waals surface area contributed by atoms with E-state index in [1.165, 1.54) is 12.4 Å². The summed E-state index contributed by atoms with van der Waals surface area (Å²) in [5.41, 5.74) is 0. The summed E-state index contributed by atoms with van der Waals surface area (Å²) in [5, 5.41) is 0. The predicted octanol–water partition coefficient (Wildman–Crippen LogP) is 1.62. The number of rotatable bonds is 3. The van der Waals surface area contributed by atoms with E-state index in [1.54, 1.807) is 0 Å². The van der Waals surface area contributed by atoms with Crippen molar-refractivity contribution >= 4 is 22.1 Å². The van der Waals surface area contributed by atoms with Gasteiger partial charge in [-0.3, -0.25) is 0 Å². The molecule has 14 heavy (non-hydrogen) atoms. The summed E-state index contributed by atoms with van der Waals surface area (Å²) in [5.74, 6) is -0.126. The monoisotopic (exact) mass is 310 g/mol. The zero-order valence-corrected chi connectivity index (χ0v) is 11.1. The maximum atomic E-state index is 11.8. The Morgan fingerprint density at radius 2 is 1.86 bits per heavy atom. The molecule has 0 amide bonds. The van der Waals surface area contributed by atoms with Crippen LogP contribution in [0.1, 0.15) is 0 Å². The molecule has 78 valence electrons. The topological polar surface area (TPSA) is 35.0 Å². The Morgan fingerprint density at radius 1 is 1.21 bits per heavy atom. The maximum absolute atomic E-state index is 11.8. The molecule has 0 aromatic carbocycles. The summed E-state index contributed by atoms with van der Waals surface area (Å²) in [7, 11) is 0. The first-order valence-electron chi connectivity index (χ1n) is 4.17. The van der Waals surface area contributed by atoms with Gasteiger partial charge in [-0.1, -0.05) is 0 Å². The Hall–Kier alpha value is -0.461. The molecule has 0 bridgehead atoms. The summed E-state index contributed by atoms with van der Waals surface area (Å²) in [6, 6.07) is 0. The number of alkyl halides is 2. The molecule has 1 aromatic heterocycles. The summed E-state index contributed by atoms with van der Waals surface area (Å²) < 4.78 is 28.6. The van der Waals surface area contributed by atoms with Gasteiger partial charge in [0.1, 0.15) is 0 Å². The van der Waals surface area contributed by atoms with Crippen molar-refractivity contribution in [2.75, 3.05) is 0 Å². The van der Waals surface area contributed by atoms with Gasteiger partial charge in [0, 0.05) is 0 Å². The van der Waals surface area contributed by atoms with E-state index in [0.29, 0.717) is 0 Å². The van der Waals surface area contributed by atoms with Crippen molar-refractivity contribution < 1.29 is 13.5 Å². The van der Waals surface area contributed by atoms with Gasteiger partial charge in [0.05, 0.1) is 0 Å². The van der Waals surface area contributed by atoms with Crippen molar-refractivity contribution in [2.24, 2.45) is 0 Å². The SMILES string of the molecule is [CH3][Sn]([CH3])([CH3])[c]1cnc(OC(F)F)cn1. The van der Waals surface area contributed by atoms with Crippen LogP contribution in [0.3, 0.4) is 0 Å². The van der Waals surface area contributed by atoms with E-state index in [9.17, 15) is 8.78 Å². The van der Waals surface area contributed by atoms with Crippen LogP contribution in [0.4, 0.5) is 8.78 Å². The van der Waals surface area contributed by atoms with Crippen molar-refractivity contribution in [1.29, 1.82) is 0 Å². The van der Waals surface area contributed by atoms with E-state index in [-0.39, 0.29) is 5.88 Å². The molecule has 0 saturated carbocycles. The third-order valence-corrected chi connectivity index (χ3v) is 6.73. The third-order valence-electron chi connectivity index (χ3n) is 1.61. The fourth-order valence-corrected chi connectivity index (χ4v) is 3.43. The van der Waals surface area contributed by atoms with E-state index in [0.717, 1.165) is 3.71 Å². The van der Waals surface area contributed by atoms with Crippen molar-refractivity contribution in [3.63, 3.8) is 0 Å². The number of hydrogen-bond donors (Lipinski definition) is 0. The van der Waals surface area contributed by atoms with E-state index in [2.05, 4.69) is 29.5 Å². The number of ether oxygens (including phenoxy) is 1. The molecule has 0 unspecified atom stereocenters. The van der Waals surface area contributed by atoms with E-state index >= 15 is 0 Å². The Bertz CT molecular complexity index is 297. The van der Waals surface area contributed by atoms with E-state index in [4.69, 9.17) is 0 Å². The summed E-state index contributed by atoms with van der Waals surface area (Å²) in [4.78, 5) is 14.4. The first-order chi connectivity index (χ1) is 6.39. The van der Waals surface area contributed by atoms with Crippen molar-refractivity contribution in [1.82, 2.24) is 9.97 Å². The zero-order chi connectivity index (χ0) is 10.8. The fraction of sp³-hybridized carbons (Fsp3) is 0.500. The van der Waals surface area contributed by atoms with Gasteiger partial charge in [0.2, 0.25) is 0 Å². The summed E-state index contributed by atoms with van der Waals surface area (Å²) in [6.07, 6.45) is 2.79. The molecule has 0 aliphatic rings. The normalized spacial score (nSPS) is 11.9. The molecule has 0 radical (unpaired) electrons. The van der Waals surface area contributed by atoms with Gasteiger partial charge in [-0.25, -0.2) is 0 Å². The van der Waals surface area contributed by atoms with Crippen LogP contribution in [-0.2, 0) is 0 Å². The number of halogens is 2. The average molecular weight is 309 g/mol. The van der Waals surface area contributed by atoms with Crippen LogP contribution < -0.4 is 8.45 Å². The predicted molar refractivity (Wildman–Crippen MR) is 51.6 cm³/mol. The van der Waals surface area contributed by atoms with Gasteiger partial charge in [0.25, 0.3) is 0 Å². The van der Waals surface area contributed by atoms with Crippen LogP contribution in [0.15, 0.2) is 12.4 Å². The second-order valence-electron chi connectivity index (χ2n) is 3.87. The van der Waals surface area contributed by atoms with Crippen LogP contribution in [0, 0.1) is 0 Å². The van der Waals surface area contributed by atoms with Crippen LogP contribution in [0.25, 0.3) is 0 Å². The molecule has 0 aliphatic heterocycles. The summed E-state index contributed by atoms with van der Waals surface area (Å²) in [6.45, 7) is -2.84. The molecular weight excluding hydrogens is 297 g/mol. The van der Waals surface area contributed by atoms with E-state index < -0.39 is 25.0 Å². The molecule has 0 atom stereocenters. The van der Waals surface area contributed by atoms with Gasteiger partial charge in [0.15, 0.2) is 0 Å². The van der Waals surface area contributed by atoms with Crippen LogP contribution >= 0.6 is 0 Å². The third kappa shape index (κ3) is 3.36. The average Bonchev–Trinajstić information content (AvgIpc) is 2.02. The van der Waals surface area contributed by atoms with Crippen molar-refractivity contribution in [3.8, 4) is 5.88 Å². The van der Waals surface area contributed by atoms with Crippen molar-refractivity contribution in [3.05, 3.63) is 12.4 Å². The Morgan fingerprint density at radius 3 is 2.21 bits per heavy atom. The molecule has 0 spiro atoms. The first kappa shape index (κ1) is 11.6. The van der Waals surface area contributed by atoms with Crippen LogP contribution in [-0.4, -0.2) is 35.0 Å². The standard InChI is InChI=1S/C5H3F2N2O.3CH3.Sn/c6-5(7)10-4-3-8-1-2-9-4;;;;/h2-3,5H;3*1H3;. The summed E-state index contributed by atoms with van der Waals surface area (Å²) >= 11 is -2.21.